The second-order valence-electron chi connectivity index (χ2n) is 3.59. The van der Waals surface area contributed by atoms with Gasteiger partial charge in [-0.05, 0) is 24.5 Å². The minimum Gasteiger partial charge on any atom is -0.311 e. The number of nitrogens with zero attached hydrogens (tertiary/aromatic N) is 1. The van der Waals surface area contributed by atoms with Gasteiger partial charge in [-0.1, -0.05) is 26.3 Å². The fourth-order valence-electron chi connectivity index (χ4n) is 1.56. The van der Waals surface area contributed by atoms with Crippen LogP contribution < -0.4 is 5.32 Å². The molecule has 1 N–H and O–H groups in total. The predicted octanol–water partition coefficient (Wildman–Crippen LogP) is 2.55. The summed E-state index contributed by atoms with van der Waals surface area (Å²) in [5.41, 5.74) is 2.37. The first-order valence-corrected chi connectivity index (χ1v) is 5.43. The van der Waals surface area contributed by atoms with E-state index >= 15 is 0 Å². The predicted molar refractivity (Wildman–Crippen MR) is 61.9 cm³/mol. The maximum absolute atomic E-state index is 10.9. The molecule has 0 fully saturated rings. The first-order valence-electron chi connectivity index (χ1n) is 5.43. The molecule has 0 unspecified atom stereocenters. The van der Waals surface area contributed by atoms with Crippen molar-refractivity contribution >= 4 is 11.7 Å². The van der Waals surface area contributed by atoms with Crippen LogP contribution in [0.1, 0.15) is 38.4 Å². The largest absolute Gasteiger partial charge is 0.311 e. The molecule has 3 nitrogen and oxygen atoms in total. The van der Waals surface area contributed by atoms with Crippen LogP contribution in [0.2, 0.25) is 0 Å². The highest BCUT2D eigenvalue weighted by molar-refractivity contribution is 5.87. The molecule has 1 aromatic rings. The van der Waals surface area contributed by atoms with Gasteiger partial charge in [-0.3, -0.25) is 4.79 Å². The number of carbonyl (C=O) groups excluding carboxylic acids is 1. The third-order valence-corrected chi connectivity index (χ3v) is 2.24. The van der Waals surface area contributed by atoms with E-state index < -0.39 is 0 Å². The standard InChI is InChI=1S/C12H18N2O/c1-4-6-11-10(5-2)7-8-12(14-11)13-9(3)15/h7-8H,4-6H2,1-3H3,(H,13,14,15). The molecule has 0 spiro atoms. The maximum atomic E-state index is 10.9. The van der Waals surface area contributed by atoms with Gasteiger partial charge in [-0.25, -0.2) is 4.98 Å². The number of carbonyl (C=O) groups is 1. The quantitative estimate of drug-likeness (QED) is 0.822. The number of rotatable bonds is 4. The van der Waals surface area contributed by atoms with Crippen LogP contribution in [0, 0.1) is 0 Å². The van der Waals surface area contributed by atoms with E-state index in [2.05, 4.69) is 24.1 Å². The van der Waals surface area contributed by atoms with E-state index in [9.17, 15) is 4.79 Å². The smallest absolute Gasteiger partial charge is 0.222 e. The summed E-state index contributed by atoms with van der Waals surface area (Å²) >= 11 is 0. The molecule has 0 aliphatic rings. The van der Waals surface area contributed by atoms with Crippen molar-refractivity contribution in [2.45, 2.75) is 40.0 Å². The zero-order valence-corrected chi connectivity index (χ0v) is 9.63. The highest BCUT2D eigenvalue weighted by Crippen LogP contribution is 2.13. The van der Waals surface area contributed by atoms with Gasteiger partial charge in [0, 0.05) is 12.6 Å². The van der Waals surface area contributed by atoms with Crippen LogP contribution >= 0.6 is 0 Å². The first-order chi connectivity index (χ1) is 7.17. The molecule has 1 rings (SSSR count). The summed E-state index contributed by atoms with van der Waals surface area (Å²) in [4.78, 5) is 15.3. The van der Waals surface area contributed by atoms with Gasteiger partial charge in [0.25, 0.3) is 0 Å². The molecule has 1 heterocycles. The Balaban J connectivity index is 2.93. The third-order valence-electron chi connectivity index (χ3n) is 2.24. The lowest BCUT2D eigenvalue weighted by Crippen LogP contribution is -2.09. The van der Waals surface area contributed by atoms with Crippen LogP contribution in [0.4, 0.5) is 5.82 Å². The van der Waals surface area contributed by atoms with Gasteiger partial charge in [0.1, 0.15) is 5.82 Å². The van der Waals surface area contributed by atoms with Gasteiger partial charge in [0.15, 0.2) is 0 Å². The number of pyridine rings is 1. The molecular weight excluding hydrogens is 188 g/mol. The van der Waals surface area contributed by atoms with Gasteiger partial charge in [-0.2, -0.15) is 0 Å². The normalized spacial score (nSPS) is 10.1. The monoisotopic (exact) mass is 206 g/mol. The van der Waals surface area contributed by atoms with Crippen LogP contribution in [0.3, 0.4) is 0 Å². The van der Waals surface area contributed by atoms with Gasteiger partial charge in [0.05, 0.1) is 0 Å². The van der Waals surface area contributed by atoms with Crippen LogP contribution in [0.25, 0.3) is 0 Å². The summed E-state index contributed by atoms with van der Waals surface area (Å²) in [6, 6.07) is 3.91. The Morgan fingerprint density at radius 3 is 2.67 bits per heavy atom. The van der Waals surface area contributed by atoms with E-state index in [4.69, 9.17) is 0 Å². The lowest BCUT2D eigenvalue weighted by Gasteiger charge is -2.08. The zero-order chi connectivity index (χ0) is 11.3. The van der Waals surface area contributed by atoms with E-state index in [1.54, 1.807) is 0 Å². The molecule has 0 atom stereocenters. The Morgan fingerprint density at radius 2 is 2.13 bits per heavy atom. The Hall–Kier alpha value is -1.38. The van der Waals surface area contributed by atoms with E-state index in [0.29, 0.717) is 5.82 Å². The molecule has 0 aromatic carbocycles. The van der Waals surface area contributed by atoms with Crippen molar-refractivity contribution in [1.29, 1.82) is 0 Å². The average molecular weight is 206 g/mol. The molecule has 0 saturated heterocycles. The topological polar surface area (TPSA) is 42.0 Å². The molecule has 82 valence electrons. The Morgan fingerprint density at radius 1 is 1.40 bits per heavy atom. The van der Waals surface area contributed by atoms with Gasteiger partial charge in [-0.15, -0.1) is 0 Å². The van der Waals surface area contributed by atoms with Crippen LogP contribution in [-0.4, -0.2) is 10.9 Å². The second kappa shape index (κ2) is 5.49. The molecule has 1 aromatic heterocycles. The number of anilines is 1. The third kappa shape index (κ3) is 3.35. The highest BCUT2D eigenvalue weighted by atomic mass is 16.1. The Bertz CT molecular complexity index is 347. The van der Waals surface area contributed by atoms with E-state index in [0.717, 1.165) is 25.0 Å². The lowest BCUT2D eigenvalue weighted by atomic mass is 10.1. The van der Waals surface area contributed by atoms with Crippen molar-refractivity contribution in [2.75, 3.05) is 5.32 Å². The van der Waals surface area contributed by atoms with Gasteiger partial charge >= 0.3 is 0 Å². The minimum absolute atomic E-state index is 0.0748. The van der Waals surface area contributed by atoms with Crippen molar-refractivity contribution < 1.29 is 4.79 Å². The number of hydrogen-bond acceptors (Lipinski definition) is 2. The molecule has 0 aliphatic heterocycles. The summed E-state index contributed by atoms with van der Waals surface area (Å²) in [7, 11) is 0. The molecule has 1 amide bonds. The lowest BCUT2D eigenvalue weighted by molar-refractivity contribution is -0.114. The van der Waals surface area contributed by atoms with Crippen LogP contribution in [0.15, 0.2) is 12.1 Å². The van der Waals surface area contributed by atoms with Gasteiger partial charge in [0.2, 0.25) is 5.91 Å². The fraction of sp³-hybridized carbons (Fsp3) is 0.500. The summed E-state index contributed by atoms with van der Waals surface area (Å²) in [5.74, 6) is 0.581. The van der Waals surface area contributed by atoms with Gasteiger partial charge < -0.3 is 5.32 Å². The van der Waals surface area contributed by atoms with Crippen molar-refractivity contribution in [2.24, 2.45) is 0 Å². The van der Waals surface area contributed by atoms with Crippen LogP contribution in [0.5, 0.6) is 0 Å². The maximum Gasteiger partial charge on any atom is 0.222 e. The molecule has 15 heavy (non-hydrogen) atoms. The SMILES string of the molecule is CCCc1nc(NC(C)=O)ccc1CC. The van der Waals surface area contributed by atoms with Crippen molar-refractivity contribution in [3.63, 3.8) is 0 Å². The molecule has 0 radical (unpaired) electrons. The molecule has 0 aliphatic carbocycles. The molecule has 3 heteroatoms. The number of nitrogens with one attached hydrogen (secondary N) is 1. The first kappa shape index (κ1) is 11.7. The van der Waals surface area contributed by atoms with Crippen LogP contribution in [-0.2, 0) is 17.6 Å². The Kier molecular flexibility index (Phi) is 4.28. The summed E-state index contributed by atoms with van der Waals surface area (Å²) < 4.78 is 0. The number of amides is 1. The van der Waals surface area contributed by atoms with E-state index in [1.807, 2.05) is 12.1 Å². The summed E-state index contributed by atoms with van der Waals surface area (Å²) in [5, 5.41) is 2.70. The minimum atomic E-state index is -0.0748. The Labute approximate surface area is 90.9 Å². The van der Waals surface area contributed by atoms with Crippen molar-refractivity contribution in [1.82, 2.24) is 4.98 Å². The summed E-state index contributed by atoms with van der Waals surface area (Å²) in [6.07, 6.45) is 3.03. The zero-order valence-electron chi connectivity index (χ0n) is 9.63. The number of hydrogen-bond donors (Lipinski definition) is 1. The fourth-order valence-corrected chi connectivity index (χ4v) is 1.56. The summed E-state index contributed by atoms with van der Waals surface area (Å²) in [6.45, 7) is 5.75. The second-order valence-corrected chi connectivity index (χ2v) is 3.59. The van der Waals surface area contributed by atoms with Crippen molar-refractivity contribution in [3.05, 3.63) is 23.4 Å². The van der Waals surface area contributed by atoms with E-state index in [1.165, 1.54) is 12.5 Å². The van der Waals surface area contributed by atoms with E-state index in [-0.39, 0.29) is 5.91 Å². The number of aromatic nitrogens is 1. The molecule has 0 saturated carbocycles. The average Bonchev–Trinajstić information content (AvgIpc) is 2.18. The highest BCUT2D eigenvalue weighted by Gasteiger charge is 2.04. The van der Waals surface area contributed by atoms with Crippen molar-refractivity contribution in [3.8, 4) is 0 Å². The number of aryl methyl sites for hydroxylation is 2. The molecular formula is C12H18N2O. The molecule has 0 bridgehead atoms.